The van der Waals surface area contributed by atoms with Crippen LogP contribution in [0.1, 0.15) is 33.8 Å². The summed E-state index contributed by atoms with van der Waals surface area (Å²) in [5, 5.41) is 2.60. The maximum absolute atomic E-state index is 13.0. The van der Waals surface area contributed by atoms with Gasteiger partial charge in [0.2, 0.25) is 0 Å². The molecule has 1 saturated heterocycles. The number of hydrogen-bond donors (Lipinski definition) is 3. The monoisotopic (exact) mass is 301 g/mol. The Morgan fingerprint density at radius 2 is 2.10 bits per heavy atom. The molecule has 0 aromatic carbocycles. The lowest BCUT2D eigenvalue weighted by Crippen LogP contribution is -2.43. The summed E-state index contributed by atoms with van der Waals surface area (Å²) in [7, 11) is 0. The predicted octanol–water partition coefficient (Wildman–Crippen LogP) is -0.0305. The van der Waals surface area contributed by atoms with Crippen LogP contribution in [0.25, 0.3) is 0 Å². The zero-order chi connectivity index (χ0) is 15.5. The number of imidazole rings is 1. The first-order chi connectivity index (χ1) is 9.89. The number of rotatable bonds is 5. The fourth-order valence-electron chi connectivity index (χ4n) is 2.17. The Morgan fingerprint density at radius 1 is 1.43 bits per heavy atom. The average molecular weight is 301 g/mol. The molecule has 2 heterocycles. The average Bonchev–Trinajstić information content (AvgIpc) is 2.90. The van der Waals surface area contributed by atoms with Crippen molar-refractivity contribution in [3.05, 3.63) is 17.7 Å². The molecule has 0 spiro atoms. The highest BCUT2D eigenvalue weighted by molar-refractivity contribution is 6.04. The van der Waals surface area contributed by atoms with Gasteiger partial charge in [-0.15, -0.1) is 0 Å². The first-order valence-electron chi connectivity index (χ1n) is 6.60. The molecule has 0 aliphatic carbocycles. The number of piperidine rings is 1. The molecule has 0 saturated carbocycles. The molecule has 116 valence electrons. The van der Waals surface area contributed by atoms with Crippen molar-refractivity contribution in [2.75, 3.05) is 26.2 Å². The van der Waals surface area contributed by atoms with Crippen LogP contribution in [0.2, 0.25) is 0 Å². The van der Waals surface area contributed by atoms with E-state index < -0.39 is 17.7 Å². The lowest BCUT2D eigenvalue weighted by Gasteiger charge is -2.31. The second-order valence-corrected chi connectivity index (χ2v) is 4.94. The quantitative estimate of drug-likeness (QED) is 0.710. The summed E-state index contributed by atoms with van der Waals surface area (Å²) in [4.78, 5) is 31.0. The van der Waals surface area contributed by atoms with Gasteiger partial charge in [0.05, 0.1) is 6.33 Å². The Kier molecular flexibility index (Phi) is 4.51. The van der Waals surface area contributed by atoms with Crippen molar-refractivity contribution in [3.8, 4) is 0 Å². The summed E-state index contributed by atoms with van der Waals surface area (Å²) >= 11 is 0. The molecule has 4 N–H and O–H groups in total. The maximum Gasteiger partial charge on any atom is 0.270 e. The number of nitrogens with two attached hydrogens (primary N) is 1. The Morgan fingerprint density at radius 3 is 2.71 bits per heavy atom. The highest BCUT2D eigenvalue weighted by Crippen LogP contribution is 2.27. The minimum Gasteiger partial charge on any atom is -0.364 e. The van der Waals surface area contributed by atoms with Crippen molar-refractivity contribution in [2.24, 2.45) is 5.73 Å². The molecule has 9 heteroatoms. The predicted molar refractivity (Wildman–Crippen MR) is 70.1 cm³/mol. The van der Waals surface area contributed by atoms with Gasteiger partial charge in [-0.05, 0) is 0 Å². The molecule has 1 aromatic heterocycles. The number of carbonyl (C=O) groups excluding carboxylic acids is 2. The van der Waals surface area contributed by atoms with Gasteiger partial charge in [0.15, 0.2) is 5.69 Å². The summed E-state index contributed by atoms with van der Waals surface area (Å²) in [5.41, 5.74) is 4.97. The maximum atomic E-state index is 13.0. The van der Waals surface area contributed by atoms with Gasteiger partial charge in [-0.2, -0.15) is 0 Å². The minimum absolute atomic E-state index is 0.00711. The number of amides is 2. The van der Waals surface area contributed by atoms with Crippen LogP contribution >= 0.6 is 0 Å². The molecule has 0 unspecified atom stereocenters. The number of hydrogen-bond acceptors (Lipinski definition) is 4. The van der Waals surface area contributed by atoms with E-state index in [1.54, 1.807) is 0 Å². The summed E-state index contributed by atoms with van der Waals surface area (Å²) in [6.45, 7) is 1.38. The van der Waals surface area contributed by atoms with E-state index in [4.69, 9.17) is 5.73 Å². The van der Waals surface area contributed by atoms with Crippen molar-refractivity contribution < 1.29 is 18.4 Å². The van der Waals surface area contributed by atoms with E-state index in [1.165, 1.54) is 6.33 Å². The van der Waals surface area contributed by atoms with Crippen molar-refractivity contribution in [1.82, 2.24) is 20.2 Å². The third kappa shape index (κ3) is 3.97. The number of primary amides is 1. The van der Waals surface area contributed by atoms with Gasteiger partial charge in [0.25, 0.3) is 17.7 Å². The third-order valence-electron chi connectivity index (χ3n) is 3.40. The largest absolute Gasteiger partial charge is 0.364 e. The van der Waals surface area contributed by atoms with E-state index >= 15 is 0 Å². The molecule has 0 radical (unpaired) electrons. The van der Waals surface area contributed by atoms with Crippen LogP contribution in [0.4, 0.5) is 8.78 Å². The van der Waals surface area contributed by atoms with Crippen LogP contribution in [-0.4, -0.2) is 58.8 Å². The second kappa shape index (κ2) is 6.17. The van der Waals surface area contributed by atoms with Gasteiger partial charge in [0.1, 0.15) is 5.69 Å². The molecule has 2 amide bonds. The molecule has 0 atom stereocenters. The Balaban J connectivity index is 1.77. The van der Waals surface area contributed by atoms with Crippen molar-refractivity contribution in [1.29, 1.82) is 0 Å². The first kappa shape index (κ1) is 15.4. The zero-order valence-corrected chi connectivity index (χ0v) is 11.4. The molecule has 21 heavy (non-hydrogen) atoms. The van der Waals surface area contributed by atoms with Gasteiger partial charge in [-0.1, -0.05) is 0 Å². The number of aromatic amines is 1. The van der Waals surface area contributed by atoms with Gasteiger partial charge >= 0.3 is 0 Å². The second-order valence-electron chi connectivity index (χ2n) is 4.94. The molecule has 0 bridgehead atoms. The van der Waals surface area contributed by atoms with Crippen LogP contribution in [-0.2, 0) is 0 Å². The zero-order valence-electron chi connectivity index (χ0n) is 11.4. The number of alkyl halides is 2. The normalized spacial score (nSPS) is 18.4. The van der Waals surface area contributed by atoms with Crippen LogP contribution in [0, 0.1) is 0 Å². The number of likely N-dealkylation sites (tertiary alicyclic amines) is 1. The highest BCUT2D eigenvalue weighted by atomic mass is 19.3. The van der Waals surface area contributed by atoms with E-state index in [0.717, 1.165) is 0 Å². The number of nitrogens with zero attached hydrogens (tertiary/aromatic N) is 2. The smallest absolute Gasteiger partial charge is 0.270 e. The van der Waals surface area contributed by atoms with E-state index in [1.807, 2.05) is 4.90 Å². The first-order valence-corrected chi connectivity index (χ1v) is 6.60. The molecule has 2 rings (SSSR count). The Labute approximate surface area is 119 Å². The highest BCUT2D eigenvalue weighted by Gasteiger charge is 2.33. The molecule has 1 aromatic rings. The molecule has 7 nitrogen and oxygen atoms in total. The summed E-state index contributed by atoms with van der Waals surface area (Å²) in [6, 6.07) is 0. The number of nitrogens with one attached hydrogen (secondary N) is 2. The Bertz CT molecular complexity index is 521. The van der Waals surface area contributed by atoms with Crippen LogP contribution in [0.15, 0.2) is 6.33 Å². The lowest BCUT2D eigenvalue weighted by molar-refractivity contribution is -0.0547. The van der Waals surface area contributed by atoms with Crippen molar-refractivity contribution in [2.45, 2.75) is 18.8 Å². The number of H-pyrrole nitrogens is 1. The summed E-state index contributed by atoms with van der Waals surface area (Å²) < 4.78 is 26.0. The topological polar surface area (TPSA) is 104 Å². The lowest BCUT2D eigenvalue weighted by atomic mass is 10.1. The summed E-state index contributed by atoms with van der Waals surface area (Å²) in [6.07, 6.45) is 0.891. The van der Waals surface area contributed by atoms with Crippen molar-refractivity contribution in [3.63, 3.8) is 0 Å². The standard InChI is InChI=1S/C12H17F2N5O2/c13-12(14)1-4-19(5-2-12)6-3-16-11(21)9-8(10(15)20)17-7-18-9/h7H,1-6H2,(H2,15,20)(H,16,21)(H,17,18). The SMILES string of the molecule is NC(=O)c1nc[nH]c1C(=O)NCCN1CCC(F)(F)CC1. The Hall–Kier alpha value is -2.03. The fourth-order valence-corrected chi connectivity index (χ4v) is 2.17. The van der Waals surface area contributed by atoms with Crippen LogP contribution in [0.3, 0.4) is 0 Å². The van der Waals surface area contributed by atoms with E-state index in [2.05, 4.69) is 15.3 Å². The van der Waals surface area contributed by atoms with Crippen LogP contribution < -0.4 is 11.1 Å². The fraction of sp³-hybridized carbons (Fsp3) is 0.583. The van der Waals surface area contributed by atoms with Gasteiger partial charge in [-0.25, -0.2) is 13.8 Å². The number of carbonyl (C=O) groups is 2. The molecular formula is C12H17F2N5O2. The number of halogens is 2. The molecule has 1 aliphatic rings. The van der Waals surface area contributed by atoms with Crippen molar-refractivity contribution >= 4 is 11.8 Å². The van der Waals surface area contributed by atoms with Gasteiger partial charge < -0.3 is 20.9 Å². The summed E-state index contributed by atoms with van der Waals surface area (Å²) in [5.74, 6) is -3.87. The van der Waals surface area contributed by atoms with E-state index in [9.17, 15) is 18.4 Å². The third-order valence-corrected chi connectivity index (χ3v) is 3.40. The van der Waals surface area contributed by atoms with Crippen LogP contribution in [0.5, 0.6) is 0 Å². The van der Waals surface area contributed by atoms with E-state index in [-0.39, 0.29) is 24.2 Å². The molecule has 1 aliphatic heterocycles. The molecule has 1 fully saturated rings. The minimum atomic E-state index is -2.58. The number of aromatic nitrogens is 2. The van der Waals surface area contributed by atoms with Gasteiger partial charge in [0, 0.05) is 39.0 Å². The van der Waals surface area contributed by atoms with E-state index in [0.29, 0.717) is 26.2 Å². The van der Waals surface area contributed by atoms with Gasteiger partial charge in [-0.3, -0.25) is 9.59 Å². The molecular weight excluding hydrogens is 284 g/mol.